The highest BCUT2D eigenvalue weighted by Crippen LogP contribution is 2.58. The van der Waals surface area contributed by atoms with Gasteiger partial charge in [-0.1, -0.05) is 6.07 Å². The van der Waals surface area contributed by atoms with E-state index in [1.54, 1.807) is 6.07 Å². The topological polar surface area (TPSA) is 12.0 Å². The molecule has 0 saturated heterocycles. The van der Waals surface area contributed by atoms with Gasteiger partial charge >= 0.3 is 6.18 Å². The second-order valence-corrected chi connectivity index (χ2v) is 6.41. The van der Waals surface area contributed by atoms with Gasteiger partial charge in [-0.05, 0) is 61.3 Å². The van der Waals surface area contributed by atoms with Crippen molar-refractivity contribution in [2.75, 3.05) is 0 Å². The molecule has 0 radical (unpaired) electrons. The molecule has 4 aliphatic carbocycles. The summed E-state index contributed by atoms with van der Waals surface area (Å²) in [5.41, 5.74) is 1.71. The first-order valence-corrected chi connectivity index (χ1v) is 6.93. The van der Waals surface area contributed by atoms with Crippen molar-refractivity contribution < 1.29 is 13.2 Å². The van der Waals surface area contributed by atoms with Crippen LogP contribution in [0.3, 0.4) is 0 Å². The van der Waals surface area contributed by atoms with Gasteiger partial charge in [0.05, 0.1) is 5.56 Å². The molecule has 4 aliphatic rings. The molecule has 4 heteroatoms. The van der Waals surface area contributed by atoms with Crippen LogP contribution in [-0.2, 0) is 12.6 Å². The van der Waals surface area contributed by atoms with Gasteiger partial charge < -0.3 is 5.32 Å². The predicted molar refractivity (Wildman–Crippen MR) is 65.7 cm³/mol. The molecule has 1 aromatic rings. The Morgan fingerprint density at radius 1 is 1.16 bits per heavy atom. The number of nitrogens with one attached hydrogen (secondary N) is 1. The minimum atomic E-state index is -4.24. The Morgan fingerprint density at radius 2 is 1.89 bits per heavy atom. The first-order valence-electron chi connectivity index (χ1n) is 6.93. The smallest absolute Gasteiger partial charge is 0.304 e. The summed E-state index contributed by atoms with van der Waals surface area (Å²) in [4.78, 5) is 0. The molecule has 0 spiro atoms. The summed E-state index contributed by atoms with van der Waals surface area (Å²) in [5, 5.41) is 3.63. The van der Waals surface area contributed by atoms with Gasteiger partial charge in [-0.25, -0.2) is 0 Å². The van der Waals surface area contributed by atoms with E-state index in [9.17, 15) is 13.2 Å². The quantitative estimate of drug-likeness (QED) is 0.858. The molecule has 0 heterocycles. The van der Waals surface area contributed by atoms with Crippen molar-refractivity contribution >= 4 is 0 Å². The molecule has 1 N–H and O–H groups in total. The fourth-order valence-electron chi connectivity index (χ4n) is 3.95. The summed E-state index contributed by atoms with van der Waals surface area (Å²) < 4.78 is 38.4. The van der Waals surface area contributed by atoms with Gasteiger partial charge in [0.2, 0.25) is 0 Å². The number of alkyl halides is 3. The number of halogens is 3. The van der Waals surface area contributed by atoms with E-state index in [-0.39, 0.29) is 11.6 Å². The van der Waals surface area contributed by atoms with E-state index in [1.165, 1.54) is 31.4 Å². The third-order valence-electron chi connectivity index (χ3n) is 5.07. The Bertz CT molecular complexity index is 518. The highest BCUT2D eigenvalue weighted by atomic mass is 19.4. The summed E-state index contributed by atoms with van der Waals surface area (Å²) in [6, 6.07) is 4.34. The van der Waals surface area contributed by atoms with Gasteiger partial charge in [0.25, 0.3) is 0 Å². The monoisotopic (exact) mass is 267 g/mol. The van der Waals surface area contributed by atoms with Crippen molar-refractivity contribution in [1.29, 1.82) is 0 Å². The largest absolute Gasteiger partial charge is 0.416 e. The SMILES string of the molecule is FC(F)(F)c1ccc2c(c1)C(NC13CC(C1)C3)CC2. The van der Waals surface area contributed by atoms with Crippen molar-refractivity contribution in [1.82, 2.24) is 5.32 Å². The maximum atomic E-state index is 12.8. The van der Waals surface area contributed by atoms with Gasteiger partial charge in [0.15, 0.2) is 0 Å². The number of hydrogen-bond acceptors (Lipinski definition) is 1. The van der Waals surface area contributed by atoms with Crippen LogP contribution in [0, 0.1) is 5.92 Å². The fraction of sp³-hybridized carbons (Fsp3) is 0.600. The standard InChI is InChI=1S/C15H16F3N/c16-15(17,18)11-3-1-10-2-4-13(12(10)5-11)19-14-6-9(7-14)8-14/h1,3,5,9,13,19H,2,4,6-8H2. The lowest BCUT2D eigenvalue weighted by atomic mass is 9.49. The highest BCUT2D eigenvalue weighted by molar-refractivity contribution is 5.39. The zero-order chi connectivity index (χ0) is 13.3. The number of fused-ring (bicyclic) bond motifs is 1. The molecular weight excluding hydrogens is 251 g/mol. The zero-order valence-corrected chi connectivity index (χ0v) is 10.6. The molecule has 3 saturated carbocycles. The Morgan fingerprint density at radius 3 is 2.47 bits per heavy atom. The van der Waals surface area contributed by atoms with Gasteiger partial charge in [-0.2, -0.15) is 13.2 Å². The number of benzene rings is 1. The fourth-order valence-corrected chi connectivity index (χ4v) is 3.95. The molecule has 0 amide bonds. The number of hydrogen-bond donors (Lipinski definition) is 1. The molecule has 0 aliphatic heterocycles. The molecule has 1 aromatic carbocycles. The van der Waals surface area contributed by atoms with Crippen LogP contribution in [0.15, 0.2) is 18.2 Å². The average Bonchev–Trinajstić information content (AvgIpc) is 2.62. The summed E-state index contributed by atoms with van der Waals surface area (Å²) in [6.45, 7) is 0. The number of rotatable bonds is 2. The summed E-state index contributed by atoms with van der Waals surface area (Å²) >= 11 is 0. The Kier molecular flexibility index (Phi) is 2.19. The minimum absolute atomic E-state index is 0.124. The third kappa shape index (κ3) is 1.72. The molecule has 0 aromatic heterocycles. The Labute approximate surface area is 110 Å². The van der Waals surface area contributed by atoms with Crippen LogP contribution in [0.4, 0.5) is 13.2 Å². The molecule has 3 fully saturated rings. The minimum Gasteiger partial charge on any atom is -0.304 e. The zero-order valence-electron chi connectivity index (χ0n) is 10.6. The van der Waals surface area contributed by atoms with Crippen LogP contribution in [0.25, 0.3) is 0 Å². The van der Waals surface area contributed by atoms with Crippen molar-refractivity contribution in [2.24, 2.45) is 5.92 Å². The maximum Gasteiger partial charge on any atom is 0.416 e. The molecule has 19 heavy (non-hydrogen) atoms. The lowest BCUT2D eigenvalue weighted by Crippen LogP contribution is -2.67. The Balaban J connectivity index is 1.61. The molecule has 1 atom stereocenters. The molecule has 1 unspecified atom stereocenters. The van der Waals surface area contributed by atoms with E-state index in [0.29, 0.717) is 0 Å². The Hall–Kier alpha value is -1.03. The second kappa shape index (κ2) is 3.54. The summed E-state index contributed by atoms with van der Waals surface area (Å²) in [6.07, 6.45) is 1.25. The average molecular weight is 267 g/mol. The van der Waals surface area contributed by atoms with Gasteiger partial charge in [0, 0.05) is 11.6 Å². The molecule has 102 valence electrons. The van der Waals surface area contributed by atoms with E-state index in [2.05, 4.69) is 5.32 Å². The predicted octanol–water partition coefficient (Wildman–Crippen LogP) is 3.83. The second-order valence-electron chi connectivity index (χ2n) is 6.41. The van der Waals surface area contributed by atoms with E-state index >= 15 is 0 Å². The molecular formula is C15H16F3N. The summed E-state index contributed by atoms with van der Waals surface area (Å²) in [5.74, 6) is 0.884. The van der Waals surface area contributed by atoms with E-state index in [1.807, 2.05) is 0 Å². The van der Waals surface area contributed by atoms with Crippen molar-refractivity contribution in [3.63, 3.8) is 0 Å². The van der Waals surface area contributed by atoms with Crippen LogP contribution in [0.5, 0.6) is 0 Å². The van der Waals surface area contributed by atoms with Gasteiger partial charge in [-0.3, -0.25) is 0 Å². The highest BCUT2D eigenvalue weighted by Gasteiger charge is 2.57. The van der Waals surface area contributed by atoms with E-state index in [4.69, 9.17) is 0 Å². The van der Waals surface area contributed by atoms with E-state index in [0.717, 1.165) is 29.9 Å². The molecule has 2 bridgehead atoms. The molecule has 5 rings (SSSR count). The summed E-state index contributed by atoms with van der Waals surface area (Å²) in [7, 11) is 0. The lowest BCUT2D eigenvalue weighted by Gasteiger charge is -2.63. The first kappa shape index (κ1) is 11.8. The van der Waals surface area contributed by atoms with Gasteiger partial charge in [-0.15, -0.1) is 0 Å². The lowest BCUT2D eigenvalue weighted by molar-refractivity contribution is -0.137. The van der Waals surface area contributed by atoms with Crippen molar-refractivity contribution in [3.8, 4) is 0 Å². The van der Waals surface area contributed by atoms with Crippen LogP contribution in [-0.4, -0.2) is 5.54 Å². The molecule has 1 nitrogen and oxygen atoms in total. The first-order chi connectivity index (χ1) is 8.95. The van der Waals surface area contributed by atoms with Crippen LogP contribution < -0.4 is 5.32 Å². The number of aryl methyl sites for hydroxylation is 1. The third-order valence-corrected chi connectivity index (χ3v) is 5.07. The van der Waals surface area contributed by atoms with Gasteiger partial charge in [0.1, 0.15) is 0 Å². The van der Waals surface area contributed by atoms with Crippen molar-refractivity contribution in [2.45, 2.75) is 49.9 Å². The van der Waals surface area contributed by atoms with Crippen LogP contribution >= 0.6 is 0 Å². The normalized spacial score (nSPS) is 35.5. The van der Waals surface area contributed by atoms with E-state index < -0.39 is 11.7 Å². The van der Waals surface area contributed by atoms with Crippen molar-refractivity contribution in [3.05, 3.63) is 34.9 Å². The van der Waals surface area contributed by atoms with Crippen LogP contribution in [0.1, 0.15) is 48.4 Å². The maximum absolute atomic E-state index is 12.8. The van der Waals surface area contributed by atoms with Crippen LogP contribution in [0.2, 0.25) is 0 Å².